The van der Waals surface area contributed by atoms with Gasteiger partial charge in [-0.3, -0.25) is 4.90 Å². The molecule has 1 atom stereocenters. The summed E-state index contributed by atoms with van der Waals surface area (Å²) in [7, 11) is 2.16. The van der Waals surface area contributed by atoms with E-state index >= 15 is 0 Å². The van der Waals surface area contributed by atoms with E-state index in [1.54, 1.807) is 11.3 Å². The molecule has 6 heteroatoms. The average Bonchev–Trinajstić information content (AvgIpc) is 3.09. The molecule has 0 bridgehead atoms. The van der Waals surface area contributed by atoms with E-state index in [1.165, 1.54) is 6.42 Å². The maximum atomic E-state index is 5.78. The van der Waals surface area contributed by atoms with Gasteiger partial charge in [-0.15, -0.1) is 23.7 Å². The SMILES string of the molecule is Cc1oc(-c2cccs2)nc1CN(C)C1CCNC1.Cl. The Kier molecular flexibility index (Phi) is 5.21. The van der Waals surface area contributed by atoms with Gasteiger partial charge >= 0.3 is 0 Å². The summed E-state index contributed by atoms with van der Waals surface area (Å²) in [4.78, 5) is 8.11. The smallest absolute Gasteiger partial charge is 0.236 e. The normalized spacial score (nSPS) is 18.4. The van der Waals surface area contributed by atoms with E-state index in [1.807, 2.05) is 24.4 Å². The van der Waals surface area contributed by atoms with Crippen molar-refractivity contribution in [1.29, 1.82) is 0 Å². The lowest BCUT2D eigenvalue weighted by Crippen LogP contribution is -2.33. The molecule has 1 aliphatic rings. The molecule has 1 aliphatic heterocycles. The Hall–Kier alpha value is -0.880. The summed E-state index contributed by atoms with van der Waals surface area (Å²) in [6.07, 6.45) is 1.21. The highest BCUT2D eigenvalue weighted by Gasteiger charge is 2.21. The summed E-state index contributed by atoms with van der Waals surface area (Å²) in [6, 6.07) is 4.68. The number of aromatic nitrogens is 1. The van der Waals surface area contributed by atoms with Crippen molar-refractivity contribution in [3.63, 3.8) is 0 Å². The van der Waals surface area contributed by atoms with Gasteiger partial charge in [0.1, 0.15) is 5.76 Å². The van der Waals surface area contributed by atoms with Gasteiger partial charge in [-0.2, -0.15) is 0 Å². The molecular formula is C14H20ClN3OS. The van der Waals surface area contributed by atoms with Crippen LogP contribution in [0.3, 0.4) is 0 Å². The van der Waals surface area contributed by atoms with Crippen LogP contribution >= 0.6 is 23.7 Å². The zero-order valence-corrected chi connectivity index (χ0v) is 13.4. The van der Waals surface area contributed by atoms with E-state index < -0.39 is 0 Å². The molecule has 110 valence electrons. The van der Waals surface area contributed by atoms with E-state index in [0.29, 0.717) is 6.04 Å². The molecule has 20 heavy (non-hydrogen) atoms. The first kappa shape index (κ1) is 15.5. The molecule has 0 spiro atoms. The Balaban J connectivity index is 0.00000147. The van der Waals surface area contributed by atoms with Gasteiger partial charge < -0.3 is 9.73 Å². The molecule has 0 radical (unpaired) electrons. The van der Waals surface area contributed by atoms with E-state index in [0.717, 1.165) is 41.9 Å². The zero-order chi connectivity index (χ0) is 13.2. The topological polar surface area (TPSA) is 41.3 Å². The maximum absolute atomic E-state index is 5.78. The number of hydrogen-bond donors (Lipinski definition) is 1. The van der Waals surface area contributed by atoms with Crippen molar-refractivity contribution < 1.29 is 4.42 Å². The van der Waals surface area contributed by atoms with Gasteiger partial charge in [0.2, 0.25) is 5.89 Å². The third kappa shape index (κ3) is 3.23. The van der Waals surface area contributed by atoms with Crippen LogP contribution < -0.4 is 5.32 Å². The molecule has 1 unspecified atom stereocenters. The Morgan fingerprint density at radius 3 is 3.05 bits per heavy atom. The third-order valence-electron chi connectivity index (χ3n) is 3.68. The fourth-order valence-corrected chi connectivity index (χ4v) is 3.11. The van der Waals surface area contributed by atoms with Crippen molar-refractivity contribution in [3.05, 3.63) is 29.0 Å². The molecule has 0 aromatic carbocycles. The van der Waals surface area contributed by atoms with Crippen LogP contribution in [-0.4, -0.2) is 36.1 Å². The van der Waals surface area contributed by atoms with E-state index in [2.05, 4.69) is 22.2 Å². The molecule has 0 saturated carbocycles. The monoisotopic (exact) mass is 313 g/mol. The molecule has 1 fully saturated rings. The van der Waals surface area contributed by atoms with Gasteiger partial charge in [-0.1, -0.05) is 6.07 Å². The largest absolute Gasteiger partial charge is 0.440 e. The number of aryl methyl sites for hydroxylation is 1. The lowest BCUT2D eigenvalue weighted by atomic mass is 10.2. The van der Waals surface area contributed by atoms with Crippen molar-refractivity contribution in [2.45, 2.75) is 25.9 Å². The Labute approximate surface area is 129 Å². The van der Waals surface area contributed by atoms with Crippen molar-refractivity contribution >= 4 is 23.7 Å². The second-order valence-corrected chi connectivity index (χ2v) is 6.01. The third-order valence-corrected chi connectivity index (χ3v) is 4.54. The van der Waals surface area contributed by atoms with E-state index in [9.17, 15) is 0 Å². The molecule has 3 heterocycles. The number of hydrogen-bond acceptors (Lipinski definition) is 5. The standard InChI is InChI=1S/C14H19N3OS.ClH/c1-10-12(9-17(2)11-5-6-15-8-11)16-14(18-10)13-4-3-7-19-13;/h3-4,7,11,15H,5-6,8-9H2,1-2H3;1H. The summed E-state index contributed by atoms with van der Waals surface area (Å²) in [5.74, 6) is 1.68. The molecule has 1 saturated heterocycles. The highest BCUT2D eigenvalue weighted by Crippen LogP contribution is 2.26. The number of likely N-dealkylation sites (N-methyl/N-ethyl adjacent to an activating group) is 1. The minimum atomic E-state index is 0. The molecule has 0 aliphatic carbocycles. The van der Waals surface area contributed by atoms with Crippen LogP contribution in [0.5, 0.6) is 0 Å². The molecule has 2 aromatic rings. The minimum absolute atomic E-state index is 0. The quantitative estimate of drug-likeness (QED) is 0.942. The first-order valence-corrected chi connectivity index (χ1v) is 7.53. The number of thiophene rings is 1. The number of nitrogens with zero attached hydrogens (tertiary/aromatic N) is 2. The molecule has 2 aromatic heterocycles. The van der Waals surface area contributed by atoms with Gasteiger partial charge in [0.25, 0.3) is 0 Å². The van der Waals surface area contributed by atoms with Crippen LogP contribution in [0, 0.1) is 6.92 Å². The van der Waals surface area contributed by atoms with Crippen molar-refractivity contribution in [1.82, 2.24) is 15.2 Å². The first-order chi connectivity index (χ1) is 9.24. The van der Waals surface area contributed by atoms with Crippen LogP contribution in [0.15, 0.2) is 21.9 Å². The van der Waals surface area contributed by atoms with Crippen LogP contribution in [0.25, 0.3) is 10.8 Å². The van der Waals surface area contributed by atoms with Gasteiger partial charge in [-0.25, -0.2) is 4.98 Å². The second-order valence-electron chi connectivity index (χ2n) is 5.06. The van der Waals surface area contributed by atoms with Crippen molar-refractivity contribution in [2.75, 3.05) is 20.1 Å². The number of halogens is 1. The van der Waals surface area contributed by atoms with E-state index in [4.69, 9.17) is 4.42 Å². The highest BCUT2D eigenvalue weighted by atomic mass is 35.5. The van der Waals surface area contributed by atoms with Gasteiger partial charge in [0.15, 0.2) is 0 Å². The van der Waals surface area contributed by atoms with Crippen LogP contribution in [0.1, 0.15) is 17.9 Å². The van der Waals surface area contributed by atoms with Crippen LogP contribution in [0.2, 0.25) is 0 Å². The van der Waals surface area contributed by atoms with E-state index in [-0.39, 0.29) is 12.4 Å². The highest BCUT2D eigenvalue weighted by molar-refractivity contribution is 7.13. The first-order valence-electron chi connectivity index (χ1n) is 6.65. The molecule has 3 rings (SSSR count). The van der Waals surface area contributed by atoms with Crippen molar-refractivity contribution in [3.8, 4) is 10.8 Å². The number of oxazole rings is 1. The van der Waals surface area contributed by atoms with Crippen LogP contribution in [-0.2, 0) is 6.54 Å². The molecule has 1 N–H and O–H groups in total. The van der Waals surface area contributed by atoms with Crippen molar-refractivity contribution in [2.24, 2.45) is 0 Å². The second kappa shape index (κ2) is 6.72. The summed E-state index contributed by atoms with van der Waals surface area (Å²) in [6.45, 7) is 5.05. The lowest BCUT2D eigenvalue weighted by Gasteiger charge is -2.22. The molecular weight excluding hydrogens is 294 g/mol. The van der Waals surface area contributed by atoms with Gasteiger partial charge in [0, 0.05) is 19.1 Å². The molecule has 0 amide bonds. The lowest BCUT2D eigenvalue weighted by molar-refractivity contribution is 0.245. The Bertz CT molecular complexity index is 535. The fourth-order valence-electron chi connectivity index (χ4n) is 2.46. The predicted octanol–water partition coefficient (Wildman–Crippen LogP) is 2.93. The summed E-state index contributed by atoms with van der Waals surface area (Å²) in [5.41, 5.74) is 1.05. The summed E-state index contributed by atoms with van der Waals surface area (Å²) >= 11 is 1.66. The van der Waals surface area contributed by atoms with Gasteiger partial charge in [-0.05, 0) is 38.4 Å². The minimum Gasteiger partial charge on any atom is -0.440 e. The summed E-state index contributed by atoms with van der Waals surface area (Å²) < 4.78 is 5.78. The zero-order valence-electron chi connectivity index (χ0n) is 11.8. The van der Waals surface area contributed by atoms with Crippen LogP contribution in [0.4, 0.5) is 0 Å². The molecule has 4 nitrogen and oxygen atoms in total. The predicted molar refractivity (Wildman–Crippen MR) is 84.5 cm³/mol. The Morgan fingerprint density at radius 2 is 2.40 bits per heavy atom. The Morgan fingerprint density at radius 1 is 1.55 bits per heavy atom. The maximum Gasteiger partial charge on any atom is 0.236 e. The number of rotatable bonds is 4. The number of nitrogens with one attached hydrogen (secondary N) is 1. The van der Waals surface area contributed by atoms with Gasteiger partial charge in [0.05, 0.1) is 10.6 Å². The fraction of sp³-hybridized carbons (Fsp3) is 0.500. The summed E-state index contributed by atoms with van der Waals surface area (Å²) in [5, 5.41) is 5.44. The average molecular weight is 314 g/mol.